The number of morpholine rings is 1. The molecule has 0 aromatic carbocycles. The fourth-order valence-corrected chi connectivity index (χ4v) is 4.07. The van der Waals surface area contributed by atoms with Gasteiger partial charge in [0.25, 0.3) is 0 Å². The number of fused-ring (bicyclic) bond motifs is 1. The predicted octanol–water partition coefficient (Wildman–Crippen LogP) is 0.290. The average molecular weight is 415 g/mol. The van der Waals surface area contributed by atoms with E-state index in [1.54, 1.807) is 17.2 Å². The number of nitrogens with one attached hydrogen (secondary N) is 2. The number of ether oxygens (including phenoxy) is 2. The molecular formula is C18H24F3N5O3. The number of halogens is 3. The van der Waals surface area contributed by atoms with Gasteiger partial charge in [0, 0.05) is 57.1 Å². The molecule has 1 amide bonds. The van der Waals surface area contributed by atoms with Gasteiger partial charge < -0.3 is 9.47 Å². The number of hydrogen-bond acceptors (Lipinski definition) is 7. The summed E-state index contributed by atoms with van der Waals surface area (Å²) in [5, 5.41) is 0. The Morgan fingerprint density at radius 3 is 2.83 bits per heavy atom. The Balaban J connectivity index is 1.42. The maximum Gasteiger partial charge on any atom is 0.402 e. The highest BCUT2D eigenvalue weighted by molar-refractivity contribution is 5.80. The number of pyridine rings is 1. The Hall–Kier alpha value is -1.95. The summed E-state index contributed by atoms with van der Waals surface area (Å²) < 4.78 is 51.7. The minimum atomic E-state index is -4.61. The molecule has 1 aromatic rings. The second-order valence-corrected chi connectivity index (χ2v) is 7.40. The van der Waals surface area contributed by atoms with Crippen molar-refractivity contribution >= 4 is 5.91 Å². The van der Waals surface area contributed by atoms with Crippen LogP contribution in [0.4, 0.5) is 13.2 Å². The van der Waals surface area contributed by atoms with E-state index < -0.39 is 24.0 Å². The number of carbonyl (C=O) groups excluding carboxylic acids is 1. The number of rotatable bonds is 5. The van der Waals surface area contributed by atoms with Crippen molar-refractivity contribution in [3.8, 4) is 5.75 Å². The largest absolute Gasteiger partial charge is 0.492 e. The first-order valence-corrected chi connectivity index (χ1v) is 9.66. The van der Waals surface area contributed by atoms with Crippen molar-refractivity contribution in [2.45, 2.75) is 25.3 Å². The molecule has 3 aliphatic heterocycles. The summed E-state index contributed by atoms with van der Waals surface area (Å²) in [6.07, 6.45) is -3.00. The van der Waals surface area contributed by atoms with E-state index in [0.717, 1.165) is 25.2 Å². The van der Waals surface area contributed by atoms with Crippen molar-refractivity contribution in [1.82, 2.24) is 25.6 Å². The molecule has 29 heavy (non-hydrogen) atoms. The number of alkyl halides is 3. The predicted molar refractivity (Wildman–Crippen MR) is 95.7 cm³/mol. The average Bonchev–Trinajstić information content (AvgIpc) is 3.13. The standard InChI is InChI=1S/C18H24F3N5O3/c19-18(20,21)16-14(9-23-24-17(16)27)26-10-12-13(11-26)22-2-1-15(12)29-8-5-25-3-6-28-7-4-25/h1-2,14,16,23H,3-11H2,(H,24,27). The number of nitrogens with zero attached hydrogens (tertiary/aromatic N) is 3. The van der Waals surface area contributed by atoms with Gasteiger partial charge in [0.05, 0.1) is 18.9 Å². The summed E-state index contributed by atoms with van der Waals surface area (Å²) >= 11 is 0. The molecule has 2 fully saturated rings. The maximum absolute atomic E-state index is 13.5. The van der Waals surface area contributed by atoms with Crippen LogP contribution < -0.4 is 15.6 Å². The molecule has 0 aliphatic carbocycles. The monoisotopic (exact) mass is 415 g/mol. The van der Waals surface area contributed by atoms with Crippen LogP contribution in [-0.2, 0) is 22.6 Å². The molecule has 0 bridgehead atoms. The van der Waals surface area contributed by atoms with E-state index in [0.29, 0.717) is 31.3 Å². The molecule has 3 aliphatic rings. The third kappa shape index (κ3) is 4.47. The van der Waals surface area contributed by atoms with E-state index in [-0.39, 0.29) is 19.6 Å². The van der Waals surface area contributed by atoms with E-state index in [1.807, 2.05) is 0 Å². The summed E-state index contributed by atoms with van der Waals surface area (Å²) in [4.78, 5) is 20.1. The van der Waals surface area contributed by atoms with Crippen LogP contribution in [0.3, 0.4) is 0 Å². The Labute approximate surface area is 166 Å². The van der Waals surface area contributed by atoms with Gasteiger partial charge in [-0.05, 0) is 6.07 Å². The normalized spacial score (nSPS) is 26.2. The van der Waals surface area contributed by atoms with Gasteiger partial charge in [-0.2, -0.15) is 13.2 Å². The number of hydrogen-bond donors (Lipinski definition) is 2. The van der Waals surface area contributed by atoms with Gasteiger partial charge in [-0.3, -0.25) is 25.0 Å². The molecule has 160 valence electrons. The Bertz CT molecular complexity index is 742. The minimum absolute atomic E-state index is 0.0110. The first-order chi connectivity index (χ1) is 13.9. The molecular weight excluding hydrogens is 391 g/mol. The summed E-state index contributed by atoms with van der Waals surface area (Å²) in [6, 6.07) is 0.744. The van der Waals surface area contributed by atoms with Crippen molar-refractivity contribution in [2.24, 2.45) is 5.92 Å². The smallest absolute Gasteiger partial charge is 0.402 e. The van der Waals surface area contributed by atoms with Gasteiger partial charge in [-0.25, -0.2) is 5.43 Å². The van der Waals surface area contributed by atoms with Crippen LogP contribution in [0.2, 0.25) is 0 Å². The van der Waals surface area contributed by atoms with Crippen LogP contribution in [0.15, 0.2) is 12.3 Å². The number of aromatic nitrogens is 1. The number of carbonyl (C=O) groups is 1. The van der Waals surface area contributed by atoms with Crippen LogP contribution >= 0.6 is 0 Å². The molecule has 2 N–H and O–H groups in total. The molecule has 0 radical (unpaired) electrons. The number of amides is 1. The molecule has 4 rings (SSSR count). The zero-order chi connectivity index (χ0) is 20.4. The van der Waals surface area contributed by atoms with E-state index >= 15 is 0 Å². The first-order valence-electron chi connectivity index (χ1n) is 9.66. The van der Waals surface area contributed by atoms with Gasteiger partial charge in [0.15, 0.2) is 5.92 Å². The van der Waals surface area contributed by atoms with Crippen molar-refractivity contribution < 1.29 is 27.4 Å². The zero-order valence-corrected chi connectivity index (χ0v) is 15.9. The molecule has 0 spiro atoms. The lowest BCUT2D eigenvalue weighted by molar-refractivity contribution is -0.201. The second kappa shape index (κ2) is 8.42. The fourth-order valence-electron chi connectivity index (χ4n) is 4.07. The van der Waals surface area contributed by atoms with E-state index in [2.05, 4.69) is 20.7 Å². The van der Waals surface area contributed by atoms with Crippen molar-refractivity contribution in [1.29, 1.82) is 0 Å². The molecule has 2 atom stereocenters. The summed E-state index contributed by atoms with van der Waals surface area (Å²) in [6.45, 7) is 4.91. The van der Waals surface area contributed by atoms with E-state index in [9.17, 15) is 18.0 Å². The topological polar surface area (TPSA) is 79.0 Å². The molecule has 2 saturated heterocycles. The van der Waals surface area contributed by atoms with Gasteiger partial charge in [-0.1, -0.05) is 0 Å². The quantitative estimate of drug-likeness (QED) is 0.716. The highest BCUT2D eigenvalue weighted by Gasteiger charge is 2.53. The summed E-state index contributed by atoms with van der Waals surface area (Å²) in [7, 11) is 0. The lowest BCUT2D eigenvalue weighted by atomic mass is 9.95. The van der Waals surface area contributed by atoms with Crippen LogP contribution in [0.25, 0.3) is 0 Å². The minimum Gasteiger partial charge on any atom is -0.492 e. The highest BCUT2D eigenvalue weighted by Crippen LogP contribution is 2.37. The van der Waals surface area contributed by atoms with Crippen molar-refractivity contribution in [3.63, 3.8) is 0 Å². The van der Waals surface area contributed by atoms with Crippen LogP contribution in [0, 0.1) is 5.92 Å². The maximum atomic E-state index is 13.5. The van der Waals surface area contributed by atoms with Crippen molar-refractivity contribution in [2.75, 3.05) is 46.0 Å². The lowest BCUT2D eigenvalue weighted by Gasteiger charge is -2.38. The Morgan fingerprint density at radius 1 is 1.28 bits per heavy atom. The molecule has 2 unspecified atom stereocenters. The molecule has 11 heteroatoms. The summed E-state index contributed by atoms with van der Waals surface area (Å²) in [5.41, 5.74) is 6.15. The Kier molecular flexibility index (Phi) is 5.91. The fraction of sp³-hybridized carbons (Fsp3) is 0.667. The molecule has 1 aromatic heterocycles. The Morgan fingerprint density at radius 2 is 2.07 bits per heavy atom. The van der Waals surface area contributed by atoms with Crippen LogP contribution in [0.1, 0.15) is 11.3 Å². The van der Waals surface area contributed by atoms with Gasteiger partial charge in [0.1, 0.15) is 12.4 Å². The zero-order valence-electron chi connectivity index (χ0n) is 15.9. The SMILES string of the molecule is O=C1NNCC(N2Cc3nccc(OCCN4CCOCC4)c3C2)C1C(F)(F)F. The van der Waals surface area contributed by atoms with E-state index in [1.165, 1.54) is 0 Å². The lowest BCUT2D eigenvalue weighted by Crippen LogP contribution is -2.63. The third-order valence-corrected chi connectivity index (χ3v) is 5.60. The van der Waals surface area contributed by atoms with E-state index in [4.69, 9.17) is 9.47 Å². The van der Waals surface area contributed by atoms with Gasteiger partial charge >= 0.3 is 6.18 Å². The second-order valence-electron chi connectivity index (χ2n) is 7.40. The third-order valence-electron chi connectivity index (χ3n) is 5.60. The molecule has 4 heterocycles. The van der Waals surface area contributed by atoms with Crippen molar-refractivity contribution in [3.05, 3.63) is 23.5 Å². The molecule has 0 saturated carbocycles. The first kappa shape index (κ1) is 20.3. The number of hydrazine groups is 1. The van der Waals surface area contributed by atoms with Crippen LogP contribution in [0.5, 0.6) is 5.75 Å². The summed E-state index contributed by atoms with van der Waals surface area (Å²) in [5.74, 6) is -2.49. The van der Waals surface area contributed by atoms with Gasteiger partial charge in [-0.15, -0.1) is 0 Å². The highest BCUT2D eigenvalue weighted by atomic mass is 19.4. The molecule has 8 nitrogen and oxygen atoms in total. The van der Waals surface area contributed by atoms with Gasteiger partial charge in [0.2, 0.25) is 5.91 Å². The van der Waals surface area contributed by atoms with Crippen LogP contribution in [-0.4, -0.2) is 78.9 Å².